The van der Waals surface area contributed by atoms with Crippen LogP contribution >= 0.6 is 23.4 Å². The van der Waals surface area contributed by atoms with Gasteiger partial charge in [0.1, 0.15) is 5.75 Å². The minimum Gasteiger partial charge on any atom is -0.489 e. The van der Waals surface area contributed by atoms with E-state index < -0.39 is 0 Å². The third-order valence-corrected chi connectivity index (χ3v) is 4.38. The highest BCUT2D eigenvalue weighted by Crippen LogP contribution is 2.29. The number of benzene rings is 2. The SMILES string of the molecule is CC[C@@H](C)Oc1ccc(C=Nc2ccccc2SC)cc1Cl. The maximum absolute atomic E-state index is 6.28. The Labute approximate surface area is 141 Å². The number of para-hydroxylation sites is 1. The number of halogens is 1. The Kier molecular flexibility index (Phi) is 6.34. The Morgan fingerprint density at radius 3 is 2.73 bits per heavy atom. The first kappa shape index (κ1) is 16.9. The van der Waals surface area contributed by atoms with Crippen molar-refractivity contribution >= 4 is 35.3 Å². The fourth-order valence-electron chi connectivity index (χ4n) is 1.87. The summed E-state index contributed by atoms with van der Waals surface area (Å²) in [4.78, 5) is 5.70. The number of ether oxygens (including phenoxy) is 1. The minimum atomic E-state index is 0.158. The van der Waals surface area contributed by atoms with Gasteiger partial charge in [-0.2, -0.15) is 0 Å². The lowest BCUT2D eigenvalue weighted by Crippen LogP contribution is -2.09. The molecule has 0 amide bonds. The fourth-order valence-corrected chi connectivity index (χ4v) is 2.65. The molecule has 0 unspecified atom stereocenters. The predicted octanol–water partition coefficient (Wildman–Crippen LogP) is 5.99. The molecule has 2 rings (SSSR count). The number of hydrogen-bond acceptors (Lipinski definition) is 3. The second-order valence-corrected chi connectivity index (χ2v) is 6.21. The van der Waals surface area contributed by atoms with Crippen molar-refractivity contribution in [1.29, 1.82) is 0 Å². The highest BCUT2D eigenvalue weighted by Gasteiger charge is 2.06. The fraction of sp³-hybridized carbons (Fsp3) is 0.278. The van der Waals surface area contributed by atoms with E-state index in [4.69, 9.17) is 16.3 Å². The molecule has 0 aliphatic heterocycles. The number of hydrogen-bond donors (Lipinski definition) is 0. The van der Waals surface area contributed by atoms with E-state index >= 15 is 0 Å². The van der Waals surface area contributed by atoms with Gasteiger partial charge in [-0.3, -0.25) is 4.99 Å². The number of nitrogens with zero attached hydrogens (tertiary/aromatic N) is 1. The molecule has 0 radical (unpaired) electrons. The highest BCUT2D eigenvalue weighted by molar-refractivity contribution is 7.98. The molecule has 0 bridgehead atoms. The average molecular weight is 334 g/mol. The van der Waals surface area contributed by atoms with Gasteiger partial charge in [0.05, 0.1) is 16.8 Å². The van der Waals surface area contributed by atoms with Crippen LogP contribution < -0.4 is 4.74 Å². The van der Waals surface area contributed by atoms with Crippen molar-refractivity contribution in [2.75, 3.05) is 6.26 Å². The monoisotopic (exact) mass is 333 g/mol. The zero-order chi connectivity index (χ0) is 15.9. The molecule has 2 aromatic rings. The van der Waals surface area contributed by atoms with Crippen molar-refractivity contribution in [2.24, 2.45) is 4.99 Å². The van der Waals surface area contributed by atoms with Crippen LogP contribution in [-0.4, -0.2) is 18.6 Å². The average Bonchev–Trinajstić information content (AvgIpc) is 2.55. The van der Waals surface area contributed by atoms with E-state index in [-0.39, 0.29) is 6.10 Å². The molecule has 0 N–H and O–H groups in total. The molecule has 1 atom stereocenters. The normalized spacial score (nSPS) is 12.5. The smallest absolute Gasteiger partial charge is 0.138 e. The van der Waals surface area contributed by atoms with Crippen LogP contribution in [0.15, 0.2) is 52.4 Å². The summed E-state index contributed by atoms with van der Waals surface area (Å²) in [6.07, 6.45) is 4.98. The van der Waals surface area contributed by atoms with Crippen molar-refractivity contribution in [1.82, 2.24) is 0 Å². The maximum atomic E-state index is 6.28. The molecule has 0 saturated heterocycles. The van der Waals surface area contributed by atoms with Gasteiger partial charge in [-0.25, -0.2) is 0 Å². The topological polar surface area (TPSA) is 21.6 Å². The zero-order valence-electron chi connectivity index (χ0n) is 13.0. The Morgan fingerprint density at radius 2 is 2.05 bits per heavy atom. The van der Waals surface area contributed by atoms with Crippen molar-refractivity contribution in [3.63, 3.8) is 0 Å². The third-order valence-electron chi connectivity index (χ3n) is 3.30. The van der Waals surface area contributed by atoms with E-state index in [1.54, 1.807) is 11.8 Å². The van der Waals surface area contributed by atoms with E-state index in [0.29, 0.717) is 5.02 Å². The Hall–Kier alpha value is -1.45. The molecule has 2 nitrogen and oxygen atoms in total. The largest absolute Gasteiger partial charge is 0.489 e. The lowest BCUT2D eigenvalue weighted by atomic mass is 10.2. The van der Waals surface area contributed by atoms with Crippen LogP contribution in [0.1, 0.15) is 25.8 Å². The second kappa shape index (κ2) is 8.25. The predicted molar refractivity (Wildman–Crippen MR) is 97.3 cm³/mol. The number of aliphatic imine (C=N–C) groups is 1. The van der Waals surface area contributed by atoms with Crippen LogP contribution in [0.3, 0.4) is 0 Å². The summed E-state index contributed by atoms with van der Waals surface area (Å²) in [6.45, 7) is 4.12. The maximum Gasteiger partial charge on any atom is 0.138 e. The summed E-state index contributed by atoms with van der Waals surface area (Å²) in [5, 5.41) is 0.613. The molecule has 0 spiro atoms. The van der Waals surface area contributed by atoms with Crippen LogP contribution in [0.2, 0.25) is 5.02 Å². The lowest BCUT2D eigenvalue weighted by molar-refractivity contribution is 0.217. The highest BCUT2D eigenvalue weighted by atomic mass is 35.5. The molecule has 0 aliphatic carbocycles. The molecule has 0 saturated carbocycles. The number of rotatable bonds is 6. The van der Waals surface area contributed by atoms with Gasteiger partial charge in [0, 0.05) is 11.1 Å². The molecular weight excluding hydrogens is 314 g/mol. The van der Waals surface area contributed by atoms with Crippen LogP contribution in [0.25, 0.3) is 0 Å². The van der Waals surface area contributed by atoms with Gasteiger partial charge >= 0.3 is 0 Å². The Morgan fingerprint density at radius 1 is 1.27 bits per heavy atom. The first-order valence-corrected chi connectivity index (χ1v) is 8.87. The van der Waals surface area contributed by atoms with Crippen LogP contribution in [0.5, 0.6) is 5.75 Å². The Bertz CT molecular complexity index is 657. The summed E-state index contributed by atoms with van der Waals surface area (Å²) in [7, 11) is 0. The van der Waals surface area contributed by atoms with Gasteiger partial charge in [0.2, 0.25) is 0 Å². The molecule has 2 aromatic carbocycles. The van der Waals surface area contributed by atoms with Gasteiger partial charge in [-0.05, 0) is 55.5 Å². The van der Waals surface area contributed by atoms with E-state index in [2.05, 4.69) is 18.0 Å². The quantitative estimate of drug-likeness (QED) is 0.478. The van der Waals surface area contributed by atoms with Crippen molar-refractivity contribution in [2.45, 2.75) is 31.3 Å². The molecule has 22 heavy (non-hydrogen) atoms. The zero-order valence-corrected chi connectivity index (χ0v) is 14.6. The summed E-state index contributed by atoms with van der Waals surface area (Å²) in [5.41, 5.74) is 1.92. The van der Waals surface area contributed by atoms with Crippen molar-refractivity contribution < 1.29 is 4.74 Å². The molecule has 0 aromatic heterocycles. The first-order valence-electron chi connectivity index (χ1n) is 7.27. The summed E-state index contributed by atoms with van der Waals surface area (Å²) in [5.74, 6) is 0.720. The number of thioether (sulfide) groups is 1. The summed E-state index contributed by atoms with van der Waals surface area (Å²) >= 11 is 7.97. The first-order chi connectivity index (χ1) is 10.6. The standard InChI is InChI=1S/C18H20ClNOS/c1-4-13(2)21-17-10-9-14(11-15(17)19)12-20-16-7-5-6-8-18(16)22-3/h5-13H,4H2,1-3H3/t13-/m1/s1. The van der Waals surface area contributed by atoms with E-state index in [1.165, 1.54) is 0 Å². The van der Waals surface area contributed by atoms with Gasteiger partial charge in [-0.1, -0.05) is 30.7 Å². The van der Waals surface area contributed by atoms with E-state index in [1.807, 2.05) is 55.8 Å². The summed E-state index contributed by atoms with van der Waals surface area (Å²) < 4.78 is 5.77. The van der Waals surface area contributed by atoms with Crippen LogP contribution in [0, 0.1) is 0 Å². The second-order valence-electron chi connectivity index (χ2n) is 4.96. The summed E-state index contributed by atoms with van der Waals surface area (Å²) in [6, 6.07) is 13.8. The molecular formula is C18H20ClNOS. The molecule has 4 heteroatoms. The van der Waals surface area contributed by atoms with E-state index in [0.717, 1.165) is 28.3 Å². The third kappa shape index (κ3) is 4.52. The van der Waals surface area contributed by atoms with Gasteiger partial charge in [-0.15, -0.1) is 11.8 Å². The molecule has 0 aliphatic rings. The molecule has 116 valence electrons. The lowest BCUT2D eigenvalue weighted by Gasteiger charge is -2.13. The van der Waals surface area contributed by atoms with Crippen molar-refractivity contribution in [3.05, 3.63) is 53.1 Å². The molecule has 0 heterocycles. The van der Waals surface area contributed by atoms with Gasteiger partial charge < -0.3 is 4.74 Å². The van der Waals surface area contributed by atoms with Gasteiger partial charge in [0.15, 0.2) is 0 Å². The Balaban J connectivity index is 2.17. The van der Waals surface area contributed by atoms with E-state index in [9.17, 15) is 0 Å². The minimum absolute atomic E-state index is 0.158. The van der Waals surface area contributed by atoms with Gasteiger partial charge in [0.25, 0.3) is 0 Å². The van der Waals surface area contributed by atoms with Crippen LogP contribution in [-0.2, 0) is 0 Å². The van der Waals surface area contributed by atoms with Crippen molar-refractivity contribution in [3.8, 4) is 5.75 Å². The van der Waals surface area contributed by atoms with Crippen LogP contribution in [0.4, 0.5) is 5.69 Å². The molecule has 0 fully saturated rings.